The summed E-state index contributed by atoms with van der Waals surface area (Å²) in [5.41, 5.74) is -0.126. The second kappa shape index (κ2) is 7.31. The van der Waals surface area contributed by atoms with Gasteiger partial charge in [-0.05, 0) is 31.0 Å². The first-order valence-corrected chi connectivity index (χ1v) is 8.41. The Labute approximate surface area is 151 Å². The Bertz CT molecular complexity index is 707. The fraction of sp³-hybridized carbons (Fsp3) is 0.471. The highest BCUT2D eigenvalue weighted by atomic mass is 35.5. The third-order valence-corrected chi connectivity index (χ3v) is 4.87. The first-order valence-electron chi connectivity index (χ1n) is 8.03. The summed E-state index contributed by atoms with van der Waals surface area (Å²) >= 11 is 6.17. The summed E-state index contributed by atoms with van der Waals surface area (Å²) in [5, 5.41) is 15.0. The third-order valence-electron chi connectivity index (χ3n) is 4.55. The van der Waals surface area contributed by atoms with Crippen molar-refractivity contribution in [3.63, 3.8) is 0 Å². The van der Waals surface area contributed by atoms with Crippen LogP contribution in [0.15, 0.2) is 18.2 Å². The molecule has 0 aromatic heterocycles. The number of nitrogens with one attached hydrogen (secondary N) is 2. The number of carboxylic acid groups (broad SMARTS) is 1. The number of benzene rings is 1. The quantitative estimate of drug-likeness (QED) is 0.719. The van der Waals surface area contributed by atoms with Gasteiger partial charge >= 0.3 is 12.0 Å². The van der Waals surface area contributed by atoms with Crippen molar-refractivity contribution in [1.29, 1.82) is 0 Å². The molecule has 1 unspecified atom stereocenters. The molecule has 8 heteroatoms. The number of hydrogen-bond acceptors (Lipinski definition) is 3. The van der Waals surface area contributed by atoms with Crippen LogP contribution in [0, 0.1) is 5.92 Å². The Morgan fingerprint density at radius 2 is 2.12 bits per heavy atom. The lowest BCUT2D eigenvalue weighted by Gasteiger charge is -2.33. The van der Waals surface area contributed by atoms with Crippen molar-refractivity contribution >= 4 is 35.2 Å². The van der Waals surface area contributed by atoms with Gasteiger partial charge in [0.1, 0.15) is 0 Å². The number of rotatable bonds is 6. The summed E-state index contributed by atoms with van der Waals surface area (Å²) < 4.78 is 0. The van der Waals surface area contributed by atoms with E-state index in [1.165, 1.54) is 4.90 Å². The van der Waals surface area contributed by atoms with E-state index in [9.17, 15) is 14.4 Å². The Kier molecular flexibility index (Phi) is 5.57. The minimum atomic E-state index is -0.984. The molecule has 1 atom stereocenters. The molecule has 1 saturated heterocycles. The highest BCUT2D eigenvalue weighted by molar-refractivity contribution is 6.34. The number of carbonyl (C=O) groups is 3. The first kappa shape index (κ1) is 19.1. The number of aliphatic carboxylic acids is 1. The molecule has 0 aliphatic carbocycles. The van der Waals surface area contributed by atoms with Crippen LogP contribution in [0.2, 0.25) is 5.02 Å². The molecule has 0 saturated carbocycles. The highest BCUT2D eigenvalue weighted by Crippen LogP contribution is 2.29. The zero-order valence-electron chi connectivity index (χ0n) is 14.4. The van der Waals surface area contributed by atoms with Crippen molar-refractivity contribution in [2.45, 2.75) is 32.7 Å². The molecule has 25 heavy (non-hydrogen) atoms. The maximum Gasteiger partial charge on any atom is 0.322 e. The number of anilines is 1. The van der Waals surface area contributed by atoms with Gasteiger partial charge in [0.25, 0.3) is 5.91 Å². The molecule has 0 radical (unpaired) electrons. The standard InChI is InChI=1S/C17H22ClN3O4/c1-10(2)17(3,9-14(22)23)20-15(24)11-4-5-12(18)13(8-11)21-7-6-19-16(21)25/h4-5,8,10H,6-7,9H2,1-3H3,(H,19,25)(H,20,24)(H,22,23). The molecule has 0 bridgehead atoms. The predicted molar refractivity (Wildman–Crippen MR) is 95.2 cm³/mol. The Morgan fingerprint density at radius 1 is 1.44 bits per heavy atom. The average molecular weight is 368 g/mol. The van der Waals surface area contributed by atoms with Gasteiger partial charge in [0.2, 0.25) is 0 Å². The minimum Gasteiger partial charge on any atom is -0.481 e. The van der Waals surface area contributed by atoms with Gasteiger partial charge < -0.3 is 15.7 Å². The number of urea groups is 1. The van der Waals surface area contributed by atoms with E-state index in [1.807, 2.05) is 13.8 Å². The lowest BCUT2D eigenvalue weighted by atomic mass is 9.85. The van der Waals surface area contributed by atoms with Gasteiger partial charge in [-0.15, -0.1) is 0 Å². The first-order chi connectivity index (χ1) is 11.6. The Balaban J connectivity index is 2.27. The molecule has 3 N–H and O–H groups in total. The van der Waals surface area contributed by atoms with E-state index in [0.29, 0.717) is 29.4 Å². The van der Waals surface area contributed by atoms with E-state index in [1.54, 1.807) is 25.1 Å². The maximum atomic E-state index is 12.6. The van der Waals surface area contributed by atoms with Crippen LogP contribution in [-0.4, -0.2) is 41.6 Å². The third kappa shape index (κ3) is 4.22. The molecule has 1 aliphatic heterocycles. The van der Waals surface area contributed by atoms with E-state index in [0.717, 1.165) is 0 Å². The lowest BCUT2D eigenvalue weighted by Crippen LogP contribution is -2.51. The van der Waals surface area contributed by atoms with Crippen molar-refractivity contribution in [3.05, 3.63) is 28.8 Å². The molecule has 1 aromatic carbocycles. The highest BCUT2D eigenvalue weighted by Gasteiger charge is 2.33. The monoisotopic (exact) mass is 367 g/mol. The number of hydrogen-bond donors (Lipinski definition) is 3. The van der Waals surface area contributed by atoms with E-state index in [-0.39, 0.29) is 18.4 Å². The molecule has 7 nitrogen and oxygen atoms in total. The lowest BCUT2D eigenvalue weighted by molar-refractivity contribution is -0.138. The summed E-state index contributed by atoms with van der Waals surface area (Å²) in [6.45, 7) is 6.38. The van der Waals surface area contributed by atoms with Gasteiger partial charge in [-0.25, -0.2) is 4.79 Å². The minimum absolute atomic E-state index is 0.0799. The van der Waals surface area contributed by atoms with Gasteiger partial charge in [-0.3, -0.25) is 14.5 Å². The van der Waals surface area contributed by atoms with E-state index in [4.69, 9.17) is 16.7 Å². The van der Waals surface area contributed by atoms with E-state index in [2.05, 4.69) is 10.6 Å². The fourth-order valence-electron chi connectivity index (χ4n) is 2.60. The van der Waals surface area contributed by atoms with Crippen molar-refractivity contribution in [2.75, 3.05) is 18.0 Å². The van der Waals surface area contributed by atoms with Gasteiger partial charge in [0.05, 0.1) is 22.7 Å². The van der Waals surface area contributed by atoms with Crippen molar-refractivity contribution in [2.24, 2.45) is 5.92 Å². The fourth-order valence-corrected chi connectivity index (χ4v) is 2.82. The molecule has 1 aliphatic rings. The largest absolute Gasteiger partial charge is 0.481 e. The molecular weight excluding hydrogens is 346 g/mol. The zero-order chi connectivity index (χ0) is 18.8. The van der Waals surface area contributed by atoms with Gasteiger partial charge in [-0.1, -0.05) is 25.4 Å². The number of halogens is 1. The molecule has 0 spiro atoms. The van der Waals surface area contributed by atoms with Crippen LogP contribution < -0.4 is 15.5 Å². The predicted octanol–water partition coefficient (Wildman–Crippen LogP) is 2.49. The van der Waals surface area contributed by atoms with Gasteiger partial charge in [0, 0.05) is 18.7 Å². The number of nitrogens with zero attached hydrogens (tertiary/aromatic N) is 1. The summed E-state index contributed by atoms with van der Waals surface area (Å²) in [6, 6.07) is 4.39. The normalized spacial score (nSPS) is 16.5. The summed E-state index contributed by atoms with van der Waals surface area (Å²) in [6.07, 6.45) is -0.189. The molecule has 136 valence electrons. The Morgan fingerprint density at radius 3 is 2.64 bits per heavy atom. The van der Waals surface area contributed by atoms with E-state index >= 15 is 0 Å². The number of amides is 3. The molecule has 2 rings (SSSR count). The van der Waals surface area contributed by atoms with Crippen molar-refractivity contribution in [3.8, 4) is 0 Å². The van der Waals surface area contributed by atoms with Crippen molar-refractivity contribution in [1.82, 2.24) is 10.6 Å². The Hall–Kier alpha value is -2.28. The number of carbonyl (C=O) groups excluding carboxylic acids is 2. The molecule has 1 heterocycles. The summed E-state index contributed by atoms with van der Waals surface area (Å²) in [7, 11) is 0. The smallest absolute Gasteiger partial charge is 0.322 e. The van der Waals surface area contributed by atoms with Crippen molar-refractivity contribution < 1.29 is 19.5 Å². The average Bonchev–Trinajstić information content (AvgIpc) is 2.92. The van der Waals surface area contributed by atoms with Gasteiger partial charge in [-0.2, -0.15) is 0 Å². The summed E-state index contributed by atoms with van der Waals surface area (Å²) in [5.74, 6) is -1.47. The SMILES string of the molecule is CC(C)C(C)(CC(=O)O)NC(=O)c1ccc(Cl)c(N2CCNC2=O)c1. The van der Waals surface area contributed by atoms with Crippen LogP contribution in [0.25, 0.3) is 0 Å². The van der Waals surface area contributed by atoms with Crippen LogP contribution in [0.1, 0.15) is 37.6 Å². The topological polar surface area (TPSA) is 98.7 Å². The van der Waals surface area contributed by atoms with Crippen LogP contribution in [0.3, 0.4) is 0 Å². The molecule has 1 aromatic rings. The van der Waals surface area contributed by atoms with Crippen LogP contribution in [0.4, 0.5) is 10.5 Å². The molecule has 1 fully saturated rings. The summed E-state index contributed by atoms with van der Waals surface area (Å²) in [4.78, 5) is 37.1. The second-order valence-corrected chi connectivity index (χ2v) is 7.05. The molecule has 3 amide bonds. The number of carboxylic acids is 1. The van der Waals surface area contributed by atoms with Crippen LogP contribution >= 0.6 is 11.6 Å². The second-order valence-electron chi connectivity index (χ2n) is 6.65. The molecular formula is C17H22ClN3O4. The van der Waals surface area contributed by atoms with E-state index < -0.39 is 17.4 Å². The van der Waals surface area contributed by atoms with Crippen LogP contribution in [-0.2, 0) is 4.79 Å². The van der Waals surface area contributed by atoms with Gasteiger partial charge in [0.15, 0.2) is 0 Å². The maximum absolute atomic E-state index is 12.6. The van der Waals surface area contributed by atoms with Crippen LogP contribution in [0.5, 0.6) is 0 Å². The zero-order valence-corrected chi connectivity index (χ0v) is 15.2.